The molecule has 0 unspecified atom stereocenters. The summed E-state index contributed by atoms with van der Waals surface area (Å²) in [7, 11) is 0. The van der Waals surface area contributed by atoms with Crippen LogP contribution in [-0.4, -0.2) is 22.6 Å². The molecule has 0 atom stereocenters. The minimum absolute atomic E-state index is 0.00263. The van der Waals surface area contributed by atoms with Gasteiger partial charge in [-0.2, -0.15) is 0 Å². The molecule has 0 bridgehead atoms. The Morgan fingerprint density at radius 2 is 1.52 bits per heavy atom. The summed E-state index contributed by atoms with van der Waals surface area (Å²) < 4.78 is 0. The molecular formula is C26H22ClN3O3. The third kappa shape index (κ3) is 4.66. The standard InChI is InChI=1S/C26H22ClN3O3/c1-16-8-6-7-11-20(16)29-24(31)19-13-12-17(2)21(14-19)28-23-22(27)25(32)30(26(23)33)15-18-9-4-3-5-10-18/h3-14,28H,15H2,1-2H3,(H,29,31). The van der Waals surface area contributed by atoms with Crippen LogP contribution in [0.4, 0.5) is 11.4 Å². The number of para-hydroxylation sites is 1. The Hall–Kier alpha value is -3.90. The Morgan fingerprint density at radius 1 is 0.848 bits per heavy atom. The Balaban J connectivity index is 1.55. The average molecular weight is 460 g/mol. The van der Waals surface area contributed by atoms with Gasteiger partial charge in [-0.15, -0.1) is 0 Å². The van der Waals surface area contributed by atoms with Crippen molar-refractivity contribution in [2.24, 2.45) is 0 Å². The molecule has 0 saturated heterocycles. The zero-order valence-corrected chi connectivity index (χ0v) is 18.9. The molecule has 0 radical (unpaired) electrons. The van der Waals surface area contributed by atoms with Gasteiger partial charge in [-0.3, -0.25) is 19.3 Å². The summed E-state index contributed by atoms with van der Waals surface area (Å²) in [5.41, 5.74) is 4.19. The minimum Gasteiger partial charge on any atom is -0.349 e. The predicted molar refractivity (Wildman–Crippen MR) is 129 cm³/mol. The van der Waals surface area contributed by atoms with E-state index in [-0.39, 0.29) is 23.2 Å². The topological polar surface area (TPSA) is 78.5 Å². The number of nitrogens with one attached hydrogen (secondary N) is 2. The van der Waals surface area contributed by atoms with Crippen molar-refractivity contribution in [3.05, 3.63) is 106 Å². The Morgan fingerprint density at radius 3 is 2.24 bits per heavy atom. The number of imide groups is 1. The number of hydrogen-bond acceptors (Lipinski definition) is 4. The summed E-state index contributed by atoms with van der Waals surface area (Å²) >= 11 is 6.24. The second kappa shape index (κ2) is 9.30. The first-order chi connectivity index (χ1) is 15.8. The van der Waals surface area contributed by atoms with Gasteiger partial charge in [0.2, 0.25) is 0 Å². The molecule has 0 spiro atoms. The zero-order valence-electron chi connectivity index (χ0n) is 18.2. The fraction of sp³-hybridized carbons (Fsp3) is 0.115. The lowest BCUT2D eigenvalue weighted by Gasteiger charge is -2.16. The van der Waals surface area contributed by atoms with Crippen molar-refractivity contribution >= 4 is 40.7 Å². The van der Waals surface area contributed by atoms with E-state index in [0.717, 1.165) is 27.3 Å². The molecule has 6 nitrogen and oxygen atoms in total. The molecule has 7 heteroatoms. The van der Waals surface area contributed by atoms with E-state index in [4.69, 9.17) is 11.6 Å². The highest BCUT2D eigenvalue weighted by Crippen LogP contribution is 2.29. The van der Waals surface area contributed by atoms with Crippen molar-refractivity contribution < 1.29 is 14.4 Å². The van der Waals surface area contributed by atoms with Crippen LogP contribution in [0.1, 0.15) is 27.0 Å². The number of amides is 3. The zero-order chi connectivity index (χ0) is 23.5. The van der Waals surface area contributed by atoms with Crippen molar-refractivity contribution in [3.63, 3.8) is 0 Å². The molecule has 166 valence electrons. The smallest absolute Gasteiger partial charge is 0.279 e. The number of nitrogens with zero attached hydrogens (tertiary/aromatic N) is 1. The van der Waals surface area contributed by atoms with Gasteiger partial charge in [-0.25, -0.2) is 0 Å². The number of anilines is 2. The lowest BCUT2D eigenvalue weighted by Crippen LogP contribution is -2.31. The maximum atomic E-state index is 13.0. The Bertz CT molecular complexity index is 1280. The van der Waals surface area contributed by atoms with Gasteiger partial charge in [0.1, 0.15) is 10.7 Å². The van der Waals surface area contributed by atoms with Gasteiger partial charge in [0.05, 0.1) is 6.54 Å². The molecule has 3 aromatic rings. The van der Waals surface area contributed by atoms with Crippen LogP contribution in [0.5, 0.6) is 0 Å². The lowest BCUT2D eigenvalue weighted by molar-refractivity contribution is -0.138. The van der Waals surface area contributed by atoms with Crippen molar-refractivity contribution in [2.75, 3.05) is 10.6 Å². The second-order valence-corrected chi connectivity index (χ2v) is 8.17. The van der Waals surface area contributed by atoms with E-state index in [1.54, 1.807) is 18.2 Å². The molecule has 3 aromatic carbocycles. The molecule has 2 N–H and O–H groups in total. The van der Waals surface area contributed by atoms with E-state index in [1.807, 2.05) is 68.4 Å². The van der Waals surface area contributed by atoms with Crippen molar-refractivity contribution in [2.45, 2.75) is 20.4 Å². The summed E-state index contributed by atoms with van der Waals surface area (Å²) in [6.07, 6.45) is 0. The van der Waals surface area contributed by atoms with Crippen LogP contribution < -0.4 is 10.6 Å². The molecule has 1 aliphatic rings. The van der Waals surface area contributed by atoms with Crippen LogP contribution in [-0.2, 0) is 16.1 Å². The van der Waals surface area contributed by atoms with Crippen LogP contribution in [0.15, 0.2) is 83.5 Å². The molecule has 0 saturated carbocycles. The summed E-state index contributed by atoms with van der Waals surface area (Å²) in [4.78, 5) is 39.5. The first-order valence-corrected chi connectivity index (χ1v) is 10.8. The highest BCUT2D eigenvalue weighted by molar-refractivity contribution is 6.48. The summed E-state index contributed by atoms with van der Waals surface area (Å²) in [5.74, 6) is -1.35. The van der Waals surface area contributed by atoms with E-state index in [1.165, 1.54) is 0 Å². The number of benzene rings is 3. The van der Waals surface area contributed by atoms with E-state index < -0.39 is 11.8 Å². The summed E-state index contributed by atoms with van der Waals surface area (Å²) in [6.45, 7) is 3.87. The highest BCUT2D eigenvalue weighted by Gasteiger charge is 2.38. The quantitative estimate of drug-likeness (QED) is 0.509. The normalized spacial score (nSPS) is 13.5. The summed E-state index contributed by atoms with van der Waals surface area (Å²) in [5, 5.41) is 5.70. The van der Waals surface area contributed by atoms with Crippen molar-refractivity contribution in [1.82, 2.24) is 4.90 Å². The van der Waals surface area contributed by atoms with Crippen LogP contribution in [0, 0.1) is 13.8 Å². The fourth-order valence-electron chi connectivity index (χ4n) is 3.50. The number of hydrogen-bond donors (Lipinski definition) is 2. The van der Waals surface area contributed by atoms with Gasteiger partial charge in [-0.1, -0.05) is 66.2 Å². The maximum absolute atomic E-state index is 13.0. The van der Waals surface area contributed by atoms with Gasteiger partial charge in [-0.05, 0) is 48.7 Å². The third-order valence-corrected chi connectivity index (χ3v) is 5.80. The average Bonchev–Trinajstić information content (AvgIpc) is 3.01. The first kappa shape index (κ1) is 22.3. The van der Waals surface area contributed by atoms with E-state index in [2.05, 4.69) is 10.6 Å². The molecule has 3 amide bonds. The molecule has 0 aromatic heterocycles. The number of carbonyl (C=O) groups is 3. The van der Waals surface area contributed by atoms with Crippen molar-refractivity contribution in [1.29, 1.82) is 0 Å². The summed E-state index contributed by atoms with van der Waals surface area (Å²) in [6, 6.07) is 21.8. The van der Waals surface area contributed by atoms with Crippen LogP contribution >= 0.6 is 11.6 Å². The fourth-order valence-corrected chi connectivity index (χ4v) is 3.73. The molecular weight excluding hydrogens is 438 g/mol. The molecule has 33 heavy (non-hydrogen) atoms. The number of rotatable bonds is 6. The van der Waals surface area contributed by atoms with Gasteiger partial charge in [0.25, 0.3) is 17.7 Å². The molecule has 0 fully saturated rings. The molecule has 1 aliphatic heterocycles. The van der Waals surface area contributed by atoms with Crippen LogP contribution in [0.25, 0.3) is 0 Å². The van der Waals surface area contributed by atoms with Crippen LogP contribution in [0.3, 0.4) is 0 Å². The van der Waals surface area contributed by atoms with Gasteiger partial charge in [0.15, 0.2) is 0 Å². The first-order valence-electron chi connectivity index (χ1n) is 10.4. The van der Waals surface area contributed by atoms with E-state index in [9.17, 15) is 14.4 Å². The third-order valence-electron chi connectivity index (χ3n) is 5.45. The monoisotopic (exact) mass is 459 g/mol. The SMILES string of the molecule is Cc1ccccc1NC(=O)c1ccc(C)c(NC2=C(Cl)C(=O)N(Cc3ccccc3)C2=O)c1. The number of halogens is 1. The molecule has 4 rings (SSSR count). The minimum atomic E-state index is -0.556. The maximum Gasteiger partial charge on any atom is 0.279 e. The van der Waals surface area contributed by atoms with Gasteiger partial charge < -0.3 is 10.6 Å². The van der Waals surface area contributed by atoms with E-state index in [0.29, 0.717) is 11.3 Å². The highest BCUT2D eigenvalue weighted by atomic mass is 35.5. The molecule has 1 heterocycles. The second-order valence-electron chi connectivity index (χ2n) is 7.79. The largest absolute Gasteiger partial charge is 0.349 e. The van der Waals surface area contributed by atoms with Crippen molar-refractivity contribution in [3.8, 4) is 0 Å². The predicted octanol–water partition coefficient (Wildman–Crippen LogP) is 4.99. The number of aryl methyl sites for hydroxylation is 2. The lowest BCUT2D eigenvalue weighted by atomic mass is 10.1. The van der Waals surface area contributed by atoms with Crippen LogP contribution in [0.2, 0.25) is 0 Å². The van der Waals surface area contributed by atoms with E-state index >= 15 is 0 Å². The van der Waals surface area contributed by atoms with Gasteiger partial charge in [0, 0.05) is 16.9 Å². The Labute approximate surface area is 196 Å². The van der Waals surface area contributed by atoms with Gasteiger partial charge >= 0.3 is 0 Å². The Kier molecular flexibility index (Phi) is 6.29. The molecule has 0 aliphatic carbocycles. The number of carbonyl (C=O) groups excluding carboxylic acids is 3.